The first-order valence-corrected chi connectivity index (χ1v) is 10.4. The lowest BCUT2D eigenvalue weighted by Crippen LogP contribution is -2.37. The van der Waals surface area contributed by atoms with Crippen molar-refractivity contribution in [3.05, 3.63) is 58.4 Å². The number of rotatable bonds is 6. The van der Waals surface area contributed by atoms with Gasteiger partial charge in [0.1, 0.15) is 17.1 Å². The van der Waals surface area contributed by atoms with Crippen LogP contribution >= 0.6 is 0 Å². The van der Waals surface area contributed by atoms with Gasteiger partial charge in [-0.3, -0.25) is 14.2 Å². The number of nitrogens with one attached hydrogen (secondary N) is 1. The monoisotopic (exact) mass is 444 g/mol. The van der Waals surface area contributed by atoms with Crippen molar-refractivity contribution in [2.24, 2.45) is 0 Å². The summed E-state index contributed by atoms with van der Waals surface area (Å²) in [6, 6.07) is 4.22. The maximum Gasteiger partial charge on any atom is 0.321 e. The summed E-state index contributed by atoms with van der Waals surface area (Å²) in [5.41, 5.74) is 0.366. The Labute approximate surface area is 181 Å². The van der Waals surface area contributed by atoms with E-state index in [1.165, 1.54) is 12.1 Å². The molecule has 1 saturated carbocycles. The van der Waals surface area contributed by atoms with Crippen LogP contribution in [-0.4, -0.2) is 38.7 Å². The Balaban J connectivity index is 1.52. The molecule has 0 spiro atoms. The number of hydrogen-bond acceptors (Lipinski definition) is 5. The predicted octanol–water partition coefficient (Wildman–Crippen LogP) is 3.36. The van der Waals surface area contributed by atoms with E-state index in [1.807, 2.05) is 20.0 Å². The lowest BCUT2D eigenvalue weighted by molar-refractivity contribution is 0.0665. The van der Waals surface area contributed by atoms with Crippen molar-refractivity contribution < 1.29 is 23.0 Å². The number of carbonyl (C=O) groups is 1. The molecule has 3 aromatic rings. The predicted molar refractivity (Wildman–Crippen MR) is 112 cm³/mol. The van der Waals surface area contributed by atoms with Crippen molar-refractivity contribution >= 4 is 17.2 Å². The Hall–Kier alpha value is -3.27. The summed E-state index contributed by atoms with van der Waals surface area (Å²) in [5, 5.41) is 2.44. The summed E-state index contributed by atoms with van der Waals surface area (Å²) in [7, 11) is 0. The molecule has 0 unspecified atom stereocenters. The van der Waals surface area contributed by atoms with Crippen LogP contribution < -0.4 is 15.6 Å². The van der Waals surface area contributed by atoms with Crippen LogP contribution in [0.1, 0.15) is 49.3 Å². The largest absolute Gasteiger partial charge is 0.490 e. The molecule has 0 atom stereocenters. The van der Waals surface area contributed by atoms with Crippen LogP contribution in [0.3, 0.4) is 0 Å². The summed E-state index contributed by atoms with van der Waals surface area (Å²) >= 11 is 0. The first kappa shape index (κ1) is 20.6. The quantitative estimate of drug-likeness (QED) is 0.630. The average Bonchev–Trinajstić information content (AvgIpc) is 3.41. The fourth-order valence-corrected chi connectivity index (χ4v) is 4.35. The highest BCUT2D eigenvalue weighted by Gasteiger charge is 2.54. The first-order valence-electron chi connectivity index (χ1n) is 10.4. The summed E-state index contributed by atoms with van der Waals surface area (Å²) in [6.45, 7) is 1.27. The number of alkyl halides is 2. The number of amides is 1. The molecule has 1 amide bonds. The van der Waals surface area contributed by atoms with E-state index >= 15 is 0 Å². The third kappa shape index (κ3) is 3.35. The van der Waals surface area contributed by atoms with E-state index in [0.29, 0.717) is 24.1 Å². The Bertz CT molecular complexity index is 1260. The SMILES string of the molecule is CC(C)Oc1cc2nc(C34COC(C3)C4)cn2cc1C(=O)Nc1cccn(C(F)F)c1=O. The first-order chi connectivity index (χ1) is 15.3. The van der Waals surface area contributed by atoms with Crippen LogP contribution in [0, 0.1) is 0 Å². The number of imidazole rings is 1. The zero-order chi connectivity index (χ0) is 22.6. The number of aromatic nitrogens is 3. The second-order valence-corrected chi connectivity index (χ2v) is 8.60. The molecule has 8 nitrogen and oxygen atoms in total. The van der Waals surface area contributed by atoms with Crippen LogP contribution in [0.4, 0.5) is 14.5 Å². The number of anilines is 1. The van der Waals surface area contributed by atoms with Gasteiger partial charge in [-0.1, -0.05) is 0 Å². The Morgan fingerprint density at radius 2 is 2.12 bits per heavy atom. The normalized spacial score (nSPS) is 21.9. The molecule has 2 aliphatic heterocycles. The number of pyridine rings is 2. The molecular formula is C22H22F2N4O4. The molecule has 2 saturated heterocycles. The van der Waals surface area contributed by atoms with Crippen molar-refractivity contribution in [3.63, 3.8) is 0 Å². The van der Waals surface area contributed by atoms with Crippen molar-refractivity contribution in [2.45, 2.75) is 50.9 Å². The minimum atomic E-state index is -3.01. The Morgan fingerprint density at radius 1 is 1.34 bits per heavy atom. The van der Waals surface area contributed by atoms with Crippen molar-refractivity contribution in [2.75, 3.05) is 11.9 Å². The summed E-state index contributed by atoms with van der Waals surface area (Å²) in [4.78, 5) is 30.0. The minimum Gasteiger partial charge on any atom is -0.490 e. The molecule has 6 rings (SSSR count). The number of carbonyl (C=O) groups excluding carboxylic acids is 1. The third-order valence-electron chi connectivity index (χ3n) is 5.97. The molecule has 1 aliphatic carbocycles. The van der Waals surface area contributed by atoms with Crippen molar-refractivity contribution in [1.29, 1.82) is 0 Å². The van der Waals surface area contributed by atoms with E-state index < -0.39 is 18.0 Å². The fraction of sp³-hybridized carbons (Fsp3) is 0.409. The molecule has 0 radical (unpaired) electrons. The smallest absolute Gasteiger partial charge is 0.321 e. The highest BCUT2D eigenvalue weighted by molar-refractivity contribution is 6.06. The van der Waals surface area contributed by atoms with Crippen LogP contribution in [0.15, 0.2) is 41.6 Å². The van der Waals surface area contributed by atoms with E-state index in [0.717, 1.165) is 24.7 Å². The molecule has 3 fully saturated rings. The molecule has 10 heteroatoms. The zero-order valence-corrected chi connectivity index (χ0v) is 17.5. The lowest BCUT2D eigenvalue weighted by atomic mass is 9.68. The summed E-state index contributed by atoms with van der Waals surface area (Å²) in [5.74, 6) is -0.355. The fourth-order valence-electron chi connectivity index (χ4n) is 4.35. The third-order valence-corrected chi connectivity index (χ3v) is 5.97. The van der Waals surface area contributed by atoms with E-state index in [4.69, 9.17) is 14.5 Å². The van der Waals surface area contributed by atoms with E-state index in [1.54, 1.807) is 16.7 Å². The van der Waals surface area contributed by atoms with Gasteiger partial charge in [0.2, 0.25) is 0 Å². The molecular weight excluding hydrogens is 422 g/mol. The average molecular weight is 444 g/mol. The van der Waals surface area contributed by atoms with E-state index in [9.17, 15) is 18.4 Å². The van der Waals surface area contributed by atoms with Gasteiger partial charge in [-0.05, 0) is 38.8 Å². The van der Waals surface area contributed by atoms with Crippen LogP contribution in [0.25, 0.3) is 5.65 Å². The van der Waals surface area contributed by atoms with Gasteiger partial charge in [-0.15, -0.1) is 0 Å². The number of halogens is 2. The molecule has 2 bridgehead atoms. The molecule has 3 aliphatic rings. The van der Waals surface area contributed by atoms with Crippen LogP contribution in [0.5, 0.6) is 5.75 Å². The summed E-state index contributed by atoms with van der Waals surface area (Å²) < 4.78 is 39.6. The van der Waals surface area contributed by atoms with Gasteiger partial charge in [-0.25, -0.2) is 4.98 Å². The standard InChI is InChI=1S/C22H22F2N4O4/c1-12(2)32-16-6-18-26-17(22-7-13(8-22)31-11-22)10-27(18)9-14(16)19(29)25-15-4-3-5-28(20(15)30)21(23)24/h3-6,9-10,12-13,21H,7-8,11H2,1-2H3,(H,25,29). The Morgan fingerprint density at radius 3 is 2.78 bits per heavy atom. The maximum atomic E-state index is 13.0. The van der Waals surface area contributed by atoms with Gasteiger partial charge in [0, 0.05) is 30.1 Å². The minimum absolute atomic E-state index is 0.0808. The highest BCUT2D eigenvalue weighted by Crippen LogP contribution is 2.51. The second kappa shape index (κ2) is 7.40. The lowest BCUT2D eigenvalue weighted by Gasteiger charge is -2.33. The number of hydrogen-bond donors (Lipinski definition) is 1. The number of nitrogens with zero attached hydrogens (tertiary/aromatic N) is 3. The van der Waals surface area contributed by atoms with Gasteiger partial charge >= 0.3 is 6.55 Å². The van der Waals surface area contributed by atoms with Gasteiger partial charge in [-0.2, -0.15) is 8.78 Å². The highest BCUT2D eigenvalue weighted by atomic mass is 19.3. The molecule has 0 aromatic carbocycles. The topological polar surface area (TPSA) is 86.9 Å². The van der Waals surface area contributed by atoms with Crippen molar-refractivity contribution in [3.8, 4) is 5.75 Å². The molecule has 32 heavy (non-hydrogen) atoms. The van der Waals surface area contributed by atoms with E-state index in [-0.39, 0.29) is 27.3 Å². The van der Waals surface area contributed by atoms with Crippen molar-refractivity contribution in [1.82, 2.24) is 14.0 Å². The van der Waals surface area contributed by atoms with Crippen LogP contribution in [0.2, 0.25) is 0 Å². The molecule has 1 N–H and O–H groups in total. The molecule has 168 valence electrons. The molecule has 5 heterocycles. The maximum absolute atomic E-state index is 13.0. The van der Waals surface area contributed by atoms with Gasteiger partial charge < -0.3 is 19.2 Å². The molecule has 3 aromatic heterocycles. The second-order valence-electron chi connectivity index (χ2n) is 8.60. The number of ether oxygens (including phenoxy) is 2. The Kier molecular flexibility index (Phi) is 4.77. The zero-order valence-electron chi connectivity index (χ0n) is 17.5. The van der Waals surface area contributed by atoms with Crippen LogP contribution in [-0.2, 0) is 10.2 Å². The number of fused-ring (bicyclic) bond motifs is 2. The van der Waals surface area contributed by atoms with E-state index in [2.05, 4.69) is 5.32 Å². The van der Waals surface area contributed by atoms with Gasteiger partial charge in [0.25, 0.3) is 11.5 Å². The summed E-state index contributed by atoms with van der Waals surface area (Å²) in [6.07, 6.45) is 6.36. The van der Waals surface area contributed by atoms with Gasteiger partial charge in [0.05, 0.1) is 30.1 Å². The van der Waals surface area contributed by atoms with Gasteiger partial charge in [0.15, 0.2) is 0 Å².